The van der Waals surface area contributed by atoms with E-state index in [1.54, 1.807) is 5.01 Å². The maximum Gasteiger partial charge on any atom is 0.416 e. The fourth-order valence-electron chi connectivity index (χ4n) is 2.21. The average Bonchev–Trinajstić information content (AvgIpc) is 2.76. The zero-order valence-corrected chi connectivity index (χ0v) is 10.7. The molecule has 1 aliphatic heterocycles. The molecule has 20 heavy (non-hydrogen) atoms. The molecule has 7 heteroatoms. The fraction of sp³-hybridized carbons (Fsp3) is 0.462. The Morgan fingerprint density at radius 1 is 1.30 bits per heavy atom. The molecule has 1 aliphatic rings. The van der Waals surface area contributed by atoms with Crippen LogP contribution in [0.5, 0.6) is 0 Å². The van der Waals surface area contributed by atoms with Gasteiger partial charge in [-0.2, -0.15) is 13.2 Å². The van der Waals surface area contributed by atoms with E-state index in [4.69, 9.17) is 5.11 Å². The molecule has 2 rings (SSSR count). The van der Waals surface area contributed by atoms with E-state index in [0.29, 0.717) is 18.5 Å². The highest BCUT2D eigenvalue weighted by molar-refractivity contribution is 5.78. The topological polar surface area (TPSA) is 52.6 Å². The van der Waals surface area contributed by atoms with E-state index in [-0.39, 0.29) is 25.0 Å². The average molecular weight is 288 g/mol. The van der Waals surface area contributed by atoms with Crippen LogP contribution in [0.25, 0.3) is 0 Å². The van der Waals surface area contributed by atoms with Gasteiger partial charge >= 0.3 is 6.18 Å². The molecule has 0 saturated carbocycles. The molecule has 1 heterocycles. The maximum absolute atomic E-state index is 12.5. The van der Waals surface area contributed by atoms with Crippen LogP contribution in [0.3, 0.4) is 0 Å². The minimum Gasteiger partial charge on any atom is -0.396 e. The van der Waals surface area contributed by atoms with E-state index in [2.05, 4.69) is 5.43 Å². The number of halogens is 3. The third kappa shape index (κ3) is 3.29. The quantitative estimate of drug-likeness (QED) is 0.889. The molecular weight excluding hydrogens is 273 g/mol. The highest BCUT2D eigenvalue weighted by atomic mass is 19.4. The molecule has 110 valence electrons. The van der Waals surface area contributed by atoms with Gasteiger partial charge in [-0.1, -0.05) is 12.1 Å². The number of nitrogens with one attached hydrogen (secondary N) is 1. The molecule has 1 amide bonds. The van der Waals surface area contributed by atoms with Crippen molar-refractivity contribution < 1.29 is 23.1 Å². The first-order chi connectivity index (χ1) is 9.41. The lowest BCUT2D eigenvalue weighted by Gasteiger charge is -2.23. The first-order valence-corrected chi connectivity index (χ1v) is 6.26. The maximum atomic E-state index is 12.5. The first kappa shape index (κ1) is 14.8. The largest absolute Gasteiger partial charge is 0.416 e. The summed E-state index contributed by atoms with van der Waals surface area (Å²) in [6.07, 6.45) is -3.67. The molecule has 1 atom stereocenters. The van der Waals surface area contributed by atoms with Gasteiger partial charge in [-0.15, -0.1) is 0 Å². The van der Waals surface area contributed by atoms with Crippen molar-refractivity contribution >= 4 is 5.91 Å². The number of rotatable bonds is 4. The Balaban J connectivity index is 2.15. The Kier molecular flexibility index (Phi) is 4.29. The van der Waals surface area contributed by atoms with Crippen molar-refractivity contribution in [1.29, 1.82) is 0 Å². The smallest absolute Gasteiger partial charge is 0.396 e. The summed E-state index contributed by atoms with van der Waals surface area (Å²) < 4.78 is 37.5. The van der Waals surface area contributed by atoms with E-state index in [1.165, 1.54) is 12.1 Å². The normalized spacial score (nSPS) is 20.2. The van der Waals surface area contributed by atoms with Crippen LogP contribution in [0.15, 0.2) is 24.3 Å². The lowest BCUT2D eigenvalue weighted by Crippen LogP contribution is -2.35. The van der Waals surface area contributed by atoms with E-state index >= 15 is 0 Å². The molecule has 2 N–H and O–H groups in total. The monoisotopic (exact) mass is 288 g/mol. The van der Waals surface area contributed by atoms with Gasteiger partial charge in [-0.3, -0.25) is 10.2 Å². The molecule has 0 aliphatic carbocycles. The summed E-state index contributed by atoms with van der Waals surface area (Å²) >= 11 is 0. The van der Waals surface area contributed by atoms with Gasteiger partial charge in [0.1, 0.15) is 0 Å². The molecule has 4 nitrogen and oxygen atoms in total. The molecule has 1 aromatic rings. The van der Waals surface area contributed by atoms with Crippen molar-refractivity contribution in [3.63, 3.8) is 0 Å². The number of carbonyl (C=O) groups is 1. The SMILES string of the molecule is O=C1CC(c2ccc(C(F)(F)F)cc2)N(CCCO)N1. The van der Waals surface area contributed by atoms with Crippen molar-refractivity contribution in [3.8, 4) is 0 Å². The van der Waals surface area contributed by atoms with E-state index < -0.39 is 11.7 Å². The Bertz CT molecular complexity index is 473. The Morgan fingerprint density at radius 2 is 1.95 bits per heavy atom. The van der Waals surface area contributed by atoms with Crippen LogP contribution in [0.4, 0.5) is 13.2 Å². The molecule has 0 radical (unpaired) electrons. The highest BCUT2D eigenvalue weighted by Gasteiger charge is 2.33. The van der Waals surface area contributed by atoms with E-state index in [1.807, 2.05) is 0 Å². The number of nitrogens with zero attached hydrogens (tertiary/aromatic N) is 1. The van der Waals surface area contributed by atoms with Crippen LogP contribution >= 0.6 is 0 Å². The van der Waals surface area contributed by atoms with Gasteiger partial charge in [0.2, 0.25) is 5.91 Å². The summed E-state index contributed by atoms with van der Waals surface area (Å²) in [4.78, 5) is 11.4. The molecule has 1 aromatic carbocycles. The summed E-state index contributed by atoms with van der Waals surface area (Å²) in [6, 6.07) is 4.51. The number of carbonyl (C=O) groups excluding carboxylic acids is 1. The zero-order valence-electron chi connectivity index (χ0n) is 10.7. The summed E-state index contributed by atoms with van der Waals surface area (Å²) in [5.41, 5.74) is 2.58. The number of hydrogen-bond donors (Lipinski definition) is 2. The number of aliphatic hydroxyl groups excluding tert-OH is 1. The summed E-state index contributed by atoms with van der Waals surface area (Å²) in [7, 11) is 0. The second-order valence-corrected chi connectivity index (χ2v) is 4.65. The van der Waals surface area contributed by atoms with Crippen molar-refractivity contribution in [2.75, 3.05) is 13.2 Å². The standard InChI is InChI=1S/C13H15F3N2O2/c14-13(15,16)10-4-2-9(3-5-10)11-8-12(20)17-18(11)6-1-7-19/h2-5,11,19H,1,6-8H2,(H,17,20). The predicted octanol–water partition coefficient (Wildman–Crippen LogP) is 1.87. The lowest BCUT2D eigenvalue weighted by molar-refractivity contribution is -0.137. The molecule has 0 bridgehead atoms. The zero-order chi connectivity index (χ0) is 14.8. The number of benzene rings is 1. The van der Waals surface area contributed by atoms with Crippen LogP contribution in [-0.2, 0) is 11.0 Å². The van der Waals surface area contributed by atoms with Crippen LogP contribution in [-0.4, -0.2) is 29.2 Å². The van der Waals surface area contributed by atoms with Crippen LogP contribution in [0.2, 0.25) is 0 Å². The second kappa shape index (κ2) is 5.80. The second-order valence-electron chi connectivity index (χ2n) is 4.65. The van der Waals surface area contributed by atoms with Crippen LogP contribution < -0.4 is 5.43 Å². The third-order valence-electron chi connectivity index (χ3n) is 3.20. The van der Waals surface area contributed by atoms with E-state index in [9.17, 15) is 18.0 Å². The van der Waals surface area contributed by atoms with Gasteiger partial charge < -0.3 is 5.11 Å². The lowest BCUT2D eigenvalue weighted by atomic mass is 10.0. The van der Waals surface area contributed by atoms with Crippen molar-refractivity contribution in [2.24, 2.45) is 0 Å². The van der Waals surface area contributed by atoms with Gasteiger partial charge in [0.25, 0.3) is 0 Å². The molecule has 0 spiro atoms. The number of aliphatic hydroxyl groups is 1. The summed E-state index contributed by atoms with van der Waals surface area (Å²) in [5.74, 6) is -0.173. The number of amides is 1. The van der Waals surface area contributed by atoms with Crippen molar-refractivity contribution in [3.05, 3.63) is 35.4 Å². The summed E-state index contributed by atoms with van der Waals surface area (Å²) in [6.45, 7) is 0.444. The number of hydrazine groups is 1. The molecule has 1 unspecified atom stereocenters. The van der Waals surface area contributed by atoms with Crippen LogP contribution in [0.1, 0.15) is 30.0 Å². The minimum absolute atomic E-state index is 0.00784. The molecular formula is C13H15F3N2O2. The Labute approximate surface area is 114 Å². The van der Waals surface area contributed by atoms with Gasteiger partial charge in [-0.05, 0) is 24.1 Å². The van der Waals surface area contributed by atoms with E-state index in [0.717, 1.165) is 12.1 Å². The summed E-state index contributed by atoms with van der Waals surface area (Å²) in [5, 5.41) is 10.5. The van der Waals surface area contributed by atoms with Gasteiger partial charge in [0.05, 0.1) is 11.6 Å². The third-order valence-corrected chi connectivity index (χ3v) is 3.20. The Morgan fingerprint density at radius 3 is 2.50 bits per heavy atom. The molecule has 1 saturated heterocycles. The highest BCUT2D eigenvalue weighted by Crippen LogP contribution is 2.32. The van der Waals surface area contributed by atoms with Gasteiger partial charge in [0, 0.05) is 19.6 Å². The first-order valence-electron chi connectivity index (χ1n) is 6.26. The minimum atomic E-state index is -4.36. The van der Waals surface area contributed by atoms with Crippen molar-refractivity contribution in [2.45, 2.75) is 25.1 Å². The van der Waals surface area contributed by atoms with Crippen LogP contribution in [0, 0.1) is 0 Å². The van der Waals surface area contributed by atoms with Crippen molar-refractivity contribution in [1.82, 2.24) is 10.4 Å². The van der Waals surface area contributed by atoms with Gasteiger partial charge in [0.15, 0.2) is 0 Å². The number of alkyl halides is 3. The van der Waals surface area contributed by atoms with Gasteiger partial charge in [-0.25, -0.2) is 5.01 Å². The number of hydrogen-bond acceptors (Lipinski definition) is 3. The molecule has 1 fully saturated rings. The fourth-order valence-corrected chi connectivity index (χ4v) is 2.21. The predicted molar refractivity (Wildman–Crippen MR) is 65.4 cm³/mol. The Hall–Kier alpha value is -1.60. The molecule has 0 aromatic heterocycles.